The van der Waals surface area contributed by atoms with Crippen LogP contribution in [0.1, 0.15) is 16.8 Å². The molecule has 86 valence electrons. The van der Waals surface area contributed by atoms with E-state index < -0.39 is 0 Å². The summed E-state index contributed by atoms with van der Waals surface area (Å²) < 4.78 is 10.4. The van der Waals surface area contributed by atoms with Crippen LogP contribution in [0.2, 0.25) is 0 Å². The molecule has 4 heteroatoms. The molecule has 1 aliphatic rings. The van der Waals surface area contributed by atoms with Crippen LogP contribution in [0.4, 0.5) is 0 Å². The van der Waals surface area contributed by atoms with Crippen molar-refractivity contribution < 1.29 is 14.3 Å². The lowest BCUT2D eigenvalue weighted by atomic mass is 10.2. The van der Waals surface area contributed by atoms with Gasteiger partial charge in [-0.25, -0.2) is 4.79 Å². The van der Waals surface area contributed by atoms with Crippen LogP contribution in [0, 0.1) is 0 Å². The minimum atomic E-state index is -0.338. The average Bonchev–Trinajstić information content (AvgIpc) is 2.81. The van der Waals surface area contributed by atoms with E-state index >= 15 is 0 Å². The zero-order chi connectivity index (χ0) is 11.4. The zero-order valence-corrected chi connectivity index (χ0v) is 9.23. The van der Waals surface area contributed by atoms with E-state index in [1.807, 2.05) is 6.07 Å². The predicted molar refractivity (Wildman–Crippen MR) is 59.7 cm³/mol. The van der Waals surface area contributed by atoms with Gasteiger partial charge in [-0.15, -0.1) is 0 Å². The van der Waals surface area contributed by atoms with E-state index in [2.05, 4.69) is 10.1 Å². The summed E-state index contributed by atoms with van der Waals surface area (Å²) in [4.78, 5) is 11.3. The lowest BCUT2D eigenvalue weighted by Gasteiger charge is -2.12. The largest absolute Gasteiger partial charge is 0.489 e. The first kappa shape index (κ1) is 11.0. The summed E-state index contributed by atoms with van der Waals surface area (Å²) in [6, 6.07) is 7.07. The highest BCUT2D eigenvalue weighted by molar-refractivity contribution is 5.89. The molecular formula is C12H15NO3. The number of carbonyl (C=O) groups is 1. The number of esters is 1. The quantitative estimate of drug-likeness (QED) is 0.779. The standard InChI is InChI=1S/C12H15NO3/c1-15-12(14)9-3-2-4-10(7-9)16-11-5-6-13-8-11/h2-4,7,11,13H,5-6,8H2,1H3/t11-/m1/s1. The highest BCUT2D eigenvalue weighted by Crippen LogP contribution is 2.17. The fourth-order valence-corrected chi connectivity index (χ4v) is 1.74. The van der Waals surface area contributed by atoms with Gasteiger partial charge >= 0.3 is 5.97 Å². The minimum absolute atomic E-state index is 0.202. The number of benzene rings is 1. The van der Waals surface area contributed by atoms with Crippen molar-refractivity contribution in [1.29, 1.82) is 0 Å². The second-order valence-electron chi connectivity index (χ2n) is 3.75. The fourth-order valence-electron chi connectivity index (χ4n) is 1.74. The van der Waals surface area contributed by atoms with Gasteiger partial charge in [-0.1, -0.05) is 6.07 Å². The van der Waals surface area contributed by atoms with Crippen LogP contribution in [0.5, 0.6) is 5.75 Å². The predicted octanol–water partition coefficient (Wildman–Crippen LogP) is 1.21. The van der Waals surface area contributed by atoms with Gasteiger partial charge in [-0.05, 0) is 31.2 Å². The third-order valence-electron chi connectivity index (χ3n) is 2.57. The van der Waals surface area contributed by atoms with E-state index in [0.717, 1.165) is 25.3 Å². The molecule has 2 rings (SSSR count). The van der Waals surface area contributed by atoms with Crippen molar-refractivity contribution in [2.45, 2.75) is 12.5 Å². The van der Waals surface area contributed by atoms with E-state index in [1.165, 1.54) is 7.11 Å². The van der Waals surface area contributed by atoms with Crippen molar-refractivity contribution >= 4 is 5.97 Å². The lowest BCUT2D eigenvalue weighted by Crippen LogP contribution is -2.19. The normalized spacial score (nSPS) is 19.4. The van der Waals surface area contributed by atoms with Crippen molar-refractivity contribution in [1.82, 2.24) is 5.32 Å². The van der Waals surface area contributed by atoms with Crippen molar-refractivity contribution in [3.63, 3.8) is 0 Å². The van der Waals surface area contributed by atoms with E-state index in [1.54, 1.807) is 18.2 Å². The van der Waals surface area contributed by atoms with Gasteiger partial charge in [0.2, 0.25) is 0 Å². The summed E-state index contributed by atoms with van der Waals surface area (Å²) in [7, 11) is 1.37. The SMILES string of the molecule is COC(=O)c1cccc(O[C@@H]2CCNC2)c1. The Morgan fingerprint density at radius 3 is 3.06 bits per heavy atom. The molecule has 0 spiro atoms. The minimum Gasteiger partial charge on any atom is -0.489 e. The Morgan fingerprint density at radius 1 is 1.50 bits per heavy atom. The first-order valence-electron chi connectivity index (χ1n) is 5.35. The van der Waals surface area contributed by atoms with Crippen molar-refractivity contribution in [2.75, 3.05) is 20.2 Å². The first-order chi connectivity index (χ1) is 7.79. The number of hydrogen-bond donors (Lipinski definition) is 1. The summed E-state index contributed by atoms with van der Waals surface area (Å²) in [6.45, 7) is 1.85. The second kappa shape index (κ2) is 4.99. The van der Waals surface area contributed by atoms with Gasteiger partial charge in [-0.2, -0.15) is 0 Å². The monoisotopic (exact) mass is 221 g/mol. The molecule has 1 heterocycles. The van der Waals surface area contributed by atoms with Gasteiger partial charge in [0.05, 0.1) is 12.7 Å². The maximum Gasteiger partial charge on any atom is 0.337 e. The zero-order valence-electron chi connectivity index (χ0n) is 9.23. The molecule has 0 bridgehead atoms. The highest BCUT2D eigenvalue weighted by Gasteiger charge is 2.16. The Balaban J connectivity index is 2.06. The van der Waals surface area contributed by atoms with Crippen LogP contribution >= 0.6 is 0 Å². The Labute approximate surface area is 94.6 Å². The lowest BCUT2D eigenvalue weighted by molar-refractivity contribution is 0.0600. The Hall–Kier alpha value is -1.55. The molecule has 0 saturated carbocycles. The van der Waals surface area contributed by atoms with E-state index in [0.29, 0.717) is 5.56 Å². The topological polar surface area (TPSA) is 47.6 Å². The van der Waals surface area contributed by atoms with E-state index in [-0.39, 0.29) is 12.1 Å². The van der Waals surface area contributed by atoms with Crippen LogP contribution in [0.15, 0.2) is 24.3 Å². The van der Waals surface area contributed by atoms with Crippen LogP contribution in [0.3, 0.4) is 0 Å². The molecule has 1 N–H and O–H groups in total. The third kappa shape index (κ3) is 2.52. The van der Waals surface area contributed by atoms with E-state index in [9.17, 15) is 4.79 Å². The van der Waals surface area contributed by atoms with Gasteiger partial charge < -0.3 is 14.8 Å². The molecule has 0 aliphatic carbocycles. The molecule has 1 saturated heterocycles. The molecule has 1 aliphatic heterocycles. The third-order valence-corrected chi connectivity index (χ3v) is 2.57. The Kier molecular flexibility index (Phi) is 3.41. The first-order valence-corrected chi connectivity index (χ1v) is 5.35. The molecule has 0 unspecified atom stereocenters. The Bertz CT molecular complexity index is 372. The van der Waals surface area contributed by atoms with Gasteiger partial charge in [0.1, 0.15) is 11.9 Å². The van der Waals surface area contributed by atoms with Gasteiger partial charge in [0, 0.05) is 6.54 Å². The number of ether oxygens (including phenoxy) is 2. The molecule has 1 aromatic rings. The van der Waals surface area contributed by atoms with Crippen LogP contribution in [-0.2, 0) is 4.74 Å². The summed E-state index contributed by atoms with van der Waals surface area (Å²) in [6.07, 6.45) is 1.20. The fraction of sp³-hybridized carbons (Fsp3) is 0.417. The molecule has 16 heavy (non-hydrogen) atoms. The van der Waals surface area contributed by atoms with Gasteiger partial charge in [0.15, 0.2) is 0 Å². The molecule has 1 fully saturated rings. The second-order valence-corrected chi connectivity index (χ2v) is 3.75. The molecular weight excluding hydrogens is 206 g/mol. The Morgan fingerprint density at radius 2 is 2.38 bits per heavy atom. The van der Waals surface area contributed by atoms with Crippen LogP contribution in [-0.4, -0.2) is 32.3 Å². The number of rotatable bonds is 3. The number of nitrogens with one attached hydrogen (secondary N) is 1. The molecule has 0 radical (unpaired) electrons. The summed E-state index contributed by atoms with van der Waals surface area (Å²) in [5.74, 6) is 0.381. The molecule has 1 aromatic carbocycles. The highest BCUT2D eigenvalue weighted by atomic mass is 16.5. The molecule has 0 amide bonds. The number of carbonyl (C=O) groups excluding carboxylic acids is 1. The summed E-state index contributed by atoms with van der Waals surface area (Å²) in [5, 5.41) is 3.22. The van der Waals surface area contributed by atoms with Crippen molar-refractivity contribution in [2.24, 2.45) is 0 Å². The smallest absolute Gasteiger partial charge is 0.337 e. The van der Waals surface area contributed by atoms with Crippen molar-refractivity contribution in [3.05, 3.63) is 29.8 Å². The van der Waals surface area contributed by atoms with E-state index in [4.69, 9.17) is 4.74 Å². The van der Waals surface area contributed by atoms with Crippen LogP contribution in [0.25, 0.3) is 0 Å². The van der Waals surface area contributed by atoms with Crippen LogP contribution < -0.4 is 10.1 Å². The summed E-state index contributed by atoms with van der Waals surface area (Å²) in [5.41, 5.74) is 0.519. The molecule has 0 aromatic heterocycles. The number of methoxy groups -OCH3 is 1. The maximum absolute atomic E-state index is 11.3. The van der Waals surface area contributed by atoms with Gasteiger partial charge in [-0.3, -0.25) is 0 Å². The average molecular weight is 221 g/mol. The summed E-state index contributed by atoms with van der Waals surface area (Å²) >= 11 is 0. The van der Waals surface area contributed by atoms with Crippen molar-refractivity contribution in [3.8, 4) is 5.75 Å². The maximum atomic E-state index is 11.3. The number of hydrogen-bond acceptors (Lipinski definition) is 4. The molecule has 1 atom stereocenters. The molecule has 4 nitrogen and oxygen atoms in total. The van der Waals surface area contributed by atoms with Gasteiger partial charge in [0.25, 0.3) is 0 Å².